The van der Waals surface area contributed by atoms with Crippen LogP contribution in [0.4, 0.5) is 0 Å². The first-order valence-corrected chi connectivity index (χ1v) is 11.0. The molecule has 2 N–H and O–H groups in total. The maximum absolute atomic E-state index is 12.3. The lowest BCUT2D eigenvalue weighted by Gasteiger charge is -2.33. The number of nitrogens with zero attached hydrogens (tertiary/aromatic N) is 2. The first-order valence-electron chi connectivity index (χ1n) is 11.0. The van der Waals surface area contributed by atoms with E-state index in [2.05, 4.69) is 33.7 Å². The number of carbonyl (C=O) groups is 1. The van der Waals surface area contributed by atoms with E-state index >= 15 is 0 Å². The highest BCUT2D eigenvalue weighted by Gasteiger charge is 2.27. The van der Waals surface area contributed by atoms with Gasteiger partial charge in [0.05, 0.1) is 17.7 Å². The molecule has 1 atom stereocenters. The first-order chi connectivity index (χ1) is 13.7. The van der Waals surface area contributed by atoms with Gasteiger partial charge in [-0.3, -0.25) is 9.69 Å². The van der Waals surface area contributed by atoms with Crippen molar-refractivity contribution in [1.29, 1.82) is 5.26 Å². The molecule has 2 heterocycles. The number of amides is 1. The molecule has 2 fully saturated rings. The second-order valence-corrected chi connectivity index (χ2v) is 8.79. The second kappa shape index (κ2) is 9.07. The fourth-order valence-corrected chi connectivity index (χ4v) is 5.05. The van der Waals surface area contributed by atoms with E-state index in [9.17, 15) is 4.79 Å². The van der Waals surface area contributed by atoms with Gasteiger partial charge in [-0.15, -0.1) is 0 Å². The molecule has 0 aromatic heterocycles. The molecule has 5 nitrogen and oxygen atoms in total. The standard InChI is InChI=1S/C23H32N4O/c24-15-18-3-6-19-10-13-27(16-20(19)14-18)12-9-17-4-7-21(8-5-17)26-23(28)22-2-1-11-25-22/h3,6,14,17,21-22,25H,1-2,4-5,7-13,16H2,(H,26,28)/t17?,21?,22-/m1/s1. The van der Waals surface area contributed by atoms with Crippen LogP contribution in [-0.2, 0) is 17.8 Å². The zero-order valence-electron chi connectivity index (χ0n) is 16.8. The lowest BCUT2D eigenvalue weighted by Crippen LogP contribution is -2.46. The molecular weight excluding hydrogens is 348 g/mol. The fourth-order valence-electron chi connectivity index (χ4n) is 5.05. The second-order valence-electron chi connectivity index (χ2n) is 8.79. The monoisotopic (exact) mass is 380 g/mol. The SMILES string of the molecule is N#Cc1ccc2c(c1)CN(CCC1CCC(NC(=O)[C@H]3CCCN3)CC1)CC2. The minimum atomic E-state index is 0.0428. The van der Waals surface area contributed by atoms with Gasteiger partial charge in [0.15, 0.2) is 0 Å². The highest BCUT2D eigenvalue weighted by molar-refractivity contribution is 5.82. The number of hydrogen-bond donors (Lipinski definition) is 2. The topological polar surface area (TPSA) is 68.2 Å². The largest absolute Gasteiger partial charge is 0.352 e. The van der Waals surface area contributed by atoms with Gasteiger partial charge in [-0.05, 0) is 93.6 Å². The predicted molar refractivity (Wildman–Crippen MR) is 110 cm³/mol. The molecule has 150 valence electrons. The number of fused-ring (bicyclic) bond motifs is 1. The van der Waals surface area contributed by atoms with Crippen LogP contribution in [0.25, 0.3) is 0 Å². The van der Waals surface area contributed by atoms with Crippen LogP contribution in [0.1, 0.15) is 61.6 Å². The highest BCUT2D eigenvalue weighted by Crippen LogP contribution is 2.28. The normalized spacial score (nSPS) is 27.8. The fraction of sp³-hybridized carbons (Fsp3) is 0.652. The summed E-state index contributed by atoms with van der Waals surface area (Å²) in [6, 6.07) is 8.80. The zero-order chi connectivity index (χ0) is 19.3. The average molecular weight is 381 g/mol. The quantitative estimate of drug-likeness (QED) is 0.824. The molecule has 1 aromatic rings. The number of nitrogens with one attached hydrogen (secondary N) is 2. The molecule has 4 rings (SSSR count). The third-order valence-electron chi connectivity index (χ3n) is 6.85. The maximum Gasteiger partial charge on any atom is 0.237 e. The van der Waals surface area contributed by atoms with Gasteiger partial charge in [0.25, 0.3) is 0 Å². The van der Waals surface area contributed by atoms with Crippen LogP contribution in [0, 0.1) is 17.2 Å². The van der Waals surface area contributed by atoms with E-state index in [0.29, 0.717) is 6.04 Å². The molecule has 1 saturated heterocycles. The lowest BCUT2D eigenvalue weighted by molar-refractivity contribution is -0.123. The van der Waals surface area contributed by atoms with Gasteiger partial charge in [0, 0.05) is 19.1 Å². The van der Waals surface area contributed by atoms with Gasteiger partial charge in [-0.2, -0.15) is 5.26 Å². The molecule has 5 heteroatoms. The van der Waals surface area contributed by atoms with Gasteiger partial charge >= 0.3 is 0 Å². The van der Waals surface area contributed by atoms with Gasteiger partial charge in [-0.1, -0.05) is 6.07 Å². The van der Waals surface area contributed by atoms with E-state index in [-0.39, 0.29) is 11.9 Å². The summed E-state index contributed by atoms with van der Waals surface area (Å²) in [4.78, 5) is 14.8. The van der Waals surface area contributed by atoms with E-state index in [1.807, 2.05) is 6.07 Å². The van der Waals surface area contributed by atoms with Crippen LogP contribution >= 0.6 is 0 Å². The van der Waals surface area contributed by atoms with Crippen LogP contribution in [0.2, 0.25) is 0 Å². The van der Waals surface area contributed by atoms with Crippen LogP contribution in [-0.4, -0.2) is 42.5 Å². The van der Waals surface area contributed by atoms with Crippen LogP contribution < -0.4 is 10.6 Å². The van der Waals surface area contributed by atoms with Gasteiger partial charge < -0.3 is 10.6 Å². The van der Waals surface area contributed by atoms with E-state index in [0.717, 1.165) is 69.8 Å². The summed E-state index contributed by atoms with van der Waals surface area (Å²) in [7, 11) is 0. The van der Waals surface area contributed by atoms with Crippen LogP contribution in [0.3, 0.4) is 0 Å². The Morgan fingerprint density at radius 2 is 2.07 bits per heavy atom. The Balaban J connectivity index is 1.18. The Morgan fingerprint density at radius 1 is 1.21 bits per heavy atom. The highest BCUT2D eigenvalue weighted by atomic mass is 16.2. The summed E-state index contributed by atoms with van der Waals surface area (Å²) in [6.07, 6.45) is 9.14. The van der Waals surface area contributed by atoms with E-state index in [1.54, 1.807) is 0 Å². The summed E-state index contributed by atoms with van der Waals surface area (Å²) in [5.74, 6) is 0.995. The molecule has 1 saturated carbocycles. The molecule has 0 bridgehead atoms. The number of nitriles is 1. The van der Waals surface area contributed by atoms with Crippen molar-refractivity contribution < 1.29 is 4.79 Å². The lowest BCUT2D eigenvalue weighted by atomic mass is 9.83. The Labute approximate surface area is 168 Å². The van der Waals surface area contributed by atoms with Crippen LogP contribution in [0.5, 0.6) is 0 Å². The van der Waals surface area contributed by atoms with Gasteiger partial charge in [0.1, 0.15) is 0 Å². The summed E-state index contributed by atoms with van der Waals surface area (Å²) < 4.78 is 0. The van der Waals surface area contributed by atoms with Crippen molar-refractivity contribution in [2.24, 2.45) is 5.92 Å². The minimum absolute atomic E-state index is 0.0428. The summed E-state index contributed by atoms with van der Waals surface area (Å²) in [6.45, 7) is 4.22. The van der Waals surface area contributed by atoms with Gasteiger partial charge in [-0.25, -0.2) is 0 Å². The molecular formula is C23H32N4O. The van der Waals surface area contributed by atoms with Gasteiger partial charge in [0.2, 0.25) is 5.91 Å². The third kappa shape index (κ3) is 4.74. The van der Waals surface area contributed by atoms with E-state index in [1.165, 1.54) is 30.4 Å². The Bertz CT molecular complexity index is 727. The molecule has 0 unspecified atom stereocenters. The summed E-state index contributed by atoms with van der Waals surface area (Å²) in [5.41, 5.74) is 3.51. The van der Waals surface area contributed by atoms with Crippen molar-refractivity contribution in [3.8, 4) is 6.07 Å². The number of carbonyl (C=O) groups excluding carboxylic acids is 1. The molecule has 1 aliphatic carbocycles. The van der Waals surface area contributed by atoms with Crippen molar-refractivity contribution in [2.45, 2.75) is 70.0 Å². The molecule has 2 aliphatic heterocycles. The molecule has 0 spiro atoms. The number of hydrogen-bond acceptors (Lipinski definition) is 4. The van der Waals surface area contributed by atoms with Crippen LogP contribution in [0.15, 0.2) is 18.2 Å². The Kier molecular flexibility index (Phi) is 6.29. The summed E-state index contributed by atoms with van der Waals surface area (Å²) in [5, 5.41) is 15.7. The molecule has 28 heavy (non-hydrogen) atoms. The van der Waals surface area contributed by atoms with E-state index < -0.39 is 0 Å². The molecule has 3 aliphatic rings. The molecule has 1 amide bonds. The van der Waals surface area contributed by atoms with Crippen molar-refractivity contribution >= 4 is 5.91 Å². The van der Waals surface area contributed by atoms with Crippen molar-refractivity contribution in [1.82, 2.24) is 15.5 Å². The number of benzene rings is 1. The van der Waals surface area contributed by atoms with E-state index in [4.69, 9.17) is 5.26 Å². The third-order valence-corrected chi connectivity index (χ3v) is 6.85. The van der Waals surface area contributed by atoms with Crippen molar-refractivity contribution in [3.63, 3.8) is 0 Å². The van der Waals surface area contributed by atoms with Crippen molar-refractivity contribution in [2.75, 3.05) is 19.6 Å². The predicted octanol–water partition coefficient (Wildman–Crippen LogP) is 2.73. The number of rotatable bonds is 5. The Morgan fingerprint density at radius 3 is 2.82 bits per heavy atom. The average Bonchev–Trinajstić information content (AvgIpc) is 3.28. The Hall–Kier alpha value is -1.90. The smallest absolute Gasteiger partial charge is 0.237 e. The maximum atomic E-state index is 12.3. The summed E-state index contributed by atoms with van der Waals surface area (Å²) >= 11 is 0. The first kappa shape index (κ1) is 19.4. The zero-order valence-corrected chi connectivity index (χ0v) is 16.8. The molecule has 1 aromatic carbocycles. The minimum Gasteiger partial charge on any atom is -0.352 e. The molecule has 0 radical (unpaired) electrons. The van der Waals surface area contributed by atoms with Crippen molar-refractivity contribution in [3.05, 3.63) is 34.9 Å².